The summed E-state index contributed by atoms with van der Waals surface area (Å²) in [6.07, 6.45) is 3.47. The van der Waals surface area contributed by atoms with Crippen LogP contribution in [-0.2, 0) is 4.74 Å². The fourth-order valence-corrected chi connectivity index (χ4v) is 2.81. The molecule has 98 valence electrons. The van der Waals surface area contributed by atoms with E-state index in [-0.39, 0.29) is 6.03 Å². The maximum absolute atomic E-state index is 12.4. The third kappa shape index (κ3) is 3.12. The molecule has 4 nitrogen and oxygen atoms in total. The first kappa shape index (κ1) is 12.7. The zero-order valence-corrected chi connectivity index (χ0v) is 11.0. The van der Waals surface area contributed by atoms with Gasteiger partial charge in [0.2, 0.25) is 0 Å². The molecule has 0 aliphatic carbocycles. The van der Waals surface area contributed by atoms with Crippen LogP contribution in [0.4, 0.5) is 4.79 Å². The lowest BCUT2D eigenvalue weighted by Gasteiger charge is -2.34. The van der Waals surface area contributed by atoms with Crippen LogP contribution in [0.25, 0.3) is 0 Å². The van der Waals surface area contributed by atoms with E-state index in [2.05, 4.69) is 18.7 Å². The molecule has 0 aromatic heterocycles. The Morgan fingerprint density at radius 3 is 2.65 bits per heavy atom. The monoisotopic (exact) mass is 240 g/mol. The van der Waals surface area contributed by atoms with Gasteiger partial charge >= 0.3 is 6.03 Å². The van der Waals surface area contributed by atoms with Gasteiger partial charge in [0, 0.05) is 25.7 Å². The molecular formula is C13H24N2O2. The van der Waals surface area contributed by atoms with Crippen LogP contribution in [0, 0.1) is 5.92 Å². The summed E-state index contributed by atoms with van der Waals surface area (Å²) in [5.74, 6) is 0.665. The summed E-state index contributed by atoms with van der Waals surface area (Å²) < 4.78 is 5.29. The largest absolute Gasteiger partial charge is 0.378 e. The quantitative estimate of drug-likeness (QED) is 0.739. The van der Waals surface area contributed by atoms with E-state index in [9.17, 15) is 4.79 Å². The summed E-state index contributed by atoms with van der Waals surface area (Å²) in [7, 11) is 0. The van der Waals surface area contributed by atoms with Gasteiger partial charge in [-0.2, -0.15) is 0 Å². The molecule has 0 N–H and O–H groups in total. The van der Waals surface area contributed by atoms with E-state index in [0.29, 0.717) is 25.2 Å². The number of hydrogen-bond donors (Lipinski definition) is 0. The second-order valence-corrected chi connectivity index (χ2v) is 5.50. The highest BCUT2D eigenvalue weighted by Crippen LogP contribution is 2.24. The molecule has 0 bridgehead atoms. The number of carbonyl (C=O) groups is 1. The number of rotatable bonds is 2. The lowest BCUT2D eigenvalue weighted by Crippen LogP contribution is -2.49. The Morgan fingerprint density at radius 2 is 2.00 bits per heavy atom. The van der Waals surface area contributed by atoms with Crippen molar-refractivity contribution >= 4 is 6.03 Å². The number of ether oxygens (including phenoxy) is 1. The van der Waals surface area contributed by atoms with Crippen molar-refractivity contribution in [3.8, 4) is 0 Å². The minimum atomic E-state index is 0.233. The van der Waals surface area contributed by atoms with Crippen molar-refractivity contribution in [1.82, 2.24) is 9.80 Å². The van der Waals surface area contributed by atoms with Gasteiger partial charge in [-0.1, -0.05) is 13.8 Å². The second kappa shape index (κ2) is 5.71. The van der Waals surface area contributed by atoms with Crippen molar-refractivity contribution in [3.05, 3.63) is 0 Å². The van der Waals surface area contributed by atoms with Crippen molar-refractivity contribution in [2.24, 2.45) is 5.92 Å². The predicted molar refractivity (Wildman–Crippen MR) is 67.0 cm³/mol. The Hall–Kier alpha value is -0.770. The summed E-state index contributed by atoms with van der Waals surface area (Å²) >= 11 is 0. The highest BCUT2D eigenvalue weighted by Gasteiger charge is 2.32. The summed E-state index contributed by atoms with van der Waals surface area (Å²) in [5, 5.41) is 0. The van der Waals surface area contributed by atoms with Crippen molar-refractivity contribution in [2.75, 3.05) is 32.8 Å². The van der Waals surface area contributed by atoms with Gasteiger partial charge in [0.1, 0.15) is 0 Å². The molecule has 0 aromatic carbocycles. The molecular weight excluding hydrogens is 216 g/mol. The SMILES string of the molecule is CC(C)CC1CCCN1C(=O)N1CCOCC1. The minimum Gasteiger partial charge on any atom is -0.378 e. The third-order valence-corrected chi connectivity index (χ3v) is 3.65. The van der Waals surface area contributed by atoms with Gasteiger partial charge < -0.3 is 14.5 Å². The van der Waals surface area contributed by atoms with E-state index < -0.39 is 0 Å². The number of morpholine rings is 1. The van der Waals surface area contributed by atoms with Gasteiger partial charge in [0.25, 0.3) is 0 Å². The van der Waals surface area contributed by atoms with Crippen LogP contribution in [0.1, 0.15) is 33.1 Å². The van der Waals surface area contributed by atoms with Crippen LogP contribution in [0.15, 0.2) is 0 Å². The number of nitrogens with zero attached hydrogens (tertiary/aromatic N) is 2. The number of amides is 2. The fourth-order valence-electron chi connectivity index (χ4n) is 2.81. The maximum Gasteiger partial charge on any atom is 0.320 e. The summed E-state index contributed by atoms with van der Waals surface area (Å²) in [6, 6.07) is 0.696. The van der Waals surface area contributed by atoms with Crippen molar-refractivity contribution in [3.63, 3.8) is 0 Å². The first-order valence-corrected chi connectivity index (χ1v) is 6.82. The first-order chi connectivity index (χ1) is 8.18. The highest BCUT2D eigenvalue weighted by atomic mass is 16.5. The smallest absolute Gasteiger partial charge is 0.320 e. The van der Waals surface area contributed by atoms with E-state index in [1.807, 2.05) is 4.90 Å². The fraction of sp³-hybridized carbons (Fsp3) is 0.923. The van der Waals surface area contributed by atoms with Crippen molar-refractivity contribution in [2.45, 2.75) is 39.2 Å². The topological polar surface area (TPSA) is 32.8 Å². The van der Waals surface area contributed by atoms with Crippen LogP contribution in [-0.4, -0.2) is 54.7 Å². The molecule has 0 radical (unpaired) electrons. The van der Waals surface area contributed by atoms with Crippen LogP contribution < -0.4 is 0 Å². The maximum atomic E-state index is 12.4. The molecule has 2 aliphatic heterocycles. The molecule has 0 aromatic rings. The van der Waals surface area contributed by atoms with Crippen molar-refractivity contribution < 1.29 is 9.53 Å². The number of likely N-dealkylation sites (tertiary alicyclic amines) is 1. The van der Waals surface area contributed by atoms with Gasteiger partial charge in [0.05, 0.1) is 13.2 Å². The van der Waals surface area contributed by atoms with Crippen LogP contribution in [0.3, 0.4) is 0 Å². The Morgan fingerprint density at radius 1 is 1.29 bits per heavy atom. The van der Waals surface area contributed by atoms with E-state index in [4.69, 9.17) is 4.74 Å². The molecule has 2 heterocycles. The lowest BCUT2D eigenvalue weighted by atomic mass is 10.0. The van der Waals surface area contributed by atoms with Gasteiger partial charge in [-0.15, -0.1) is 0 Å². The zero-order chi connectivity index (χ0) is 12.3. The molecule has 1 atom stereocenters. The standard InChI is InChI=1S/C13H24N2O2/c1-11(2)10-12-4-3-5-15(12)13(16)14-6-8-17-9-7-14/h11-12H,3-10H2,1-2H3. The minimum absolute atomic E-state index is 0.233. The lowest BCUT2D eigenvalue weighted by molar-refractivity contribution is 0.0415. The molecule has 2 rings (SSSR count). The van der Waals surface area contributed by atoms with E-state index in [1.54, 1.807) is 0 Å². The normalized spacial score (nSPS) is 25.7. The van der Waals surface area contributed by atoms with E-state index >= 15 is 0 Å². The van der Waals surface area contributed by atoms with Gasteiger partial charge in [-0.25, -0.2) is 4.79 Å². The number of hydrogen-bond acceptors (Lipinski definition) is 2. The zero-order valence-electron chi connectivity index (χ0n) is 11.0. The second-order valence-electron chi connectivity index (χ2n) is 5.50. The summed E-state index contributed by atoms with van der Waals surface area (Å²) in [5.41, 5.74) is 0. The molecule has 2 saturated heterocycles. The van der Waals surface area contributed by atoms with Gasteiger partial charge in [-0.3, -0.25) is 0 Å². The molecule has 2 aliphatic rings. The predicted octanol–water partition coefficient (Wildman–Crippen LogP) is 1.95. The van der Waals surface area contributed by atoms with Crippen molar-refractivity contribution in [1.29, 1.82) is 0 Å². The van der Waals surface area contributed by atoms with Crippen LogP contribution in [0.5, 0.6) is 0 Å². The Labute approximate surface area is 104 Å². The Balaban J connectivity index is 1.92. The number of carbonyl (C=O) groups excluding carboxylic acids is 1. The Bertz CT molecular complexity index is 262. The van der Waals surface area contributed by atoms with Crippen LogP contribution in [0.2, 0.25) is 0 Å². The van der Waals surface area contributed by atoms with Crippen LogP contribution >= 0.6 is 0 Å². The average Bonchev–Trinajstić information content (AvgIpc) is 2.76. The molecule has 0 spiro atoms. The average molecular weight is 240 g/mol. The molecule has 2 fully saturated rings. The third-order valence-electron chi connectivity index (χ3n) is 3.65. The van der Waals surface area contributed by atoms with E-state index in [0.717, 1.165) is 32.5 Å². The molecule has 1 unspecified atom stereocenters. The van der Waals surface area contributed by atoms with Gasteiger partial charge in [0.15, 0.2) is 0 Å². The Kier molecular flexibility index (Phi) is 4.26. The number of urea groups is 1. The van der Waals surface area contributed by atoms with Gasteiger partial charge in [-0.05, 0) is 25.2 Å². The molecule has 0 saturated carbocycles. The first-order valence-electron chi connectivity index (χ1n) is 6.82. The highest BCUT2D eigenvalue weighted by molar-refractivity contribution is 5.75. The molecule has 4 heteroatoms. The molecule has 2 amide bonds. The van der Waals surface area contributed by atoms with E-state index in [1.165, 1.54) is 6.42 Å². The summed E-state index contributed by atoms with van der Waals surface area (Å²) in [6.45, 7) is 8.29. The molecule has 17 heavy (non-hydrogen) atoms. The summed E-state index contributed by atoms with van der Waals surface area (Å²) in [4.78, 5) is 16.4.